The summed E-state index contributed by atoms with van der Waals surface area (Å²) in [6, 6.07) is 12.9. The maximum absolute atomic E-state index is 13.5. The first kappa shape index (κ1) is 28.0. The van der Waals surface area contributed by atoms with Gasteiger partial charge < -0.3 is 10.2 Å². The molecule has 0 aromatic heterocycles. The van der Waals surface area contributed by atoms with E-state index in [1.54, 1.807) is 19.1 Å². The number of benzene rings is 2. The predicted octanol–water partition coefficient (Wildman–Crippen LogP) is 3.30. The summed E-state index contributed by atoms with van der Waals surface area (Å²) >= 11 is 0. The summed E-state index contributed by atoms with van der Waals surface area (Å²) in [5, 5.41) is 2.85. The van der Waals surface area contributed by atoms with Gasteiger partial charge >= 0.3 is 0 Å². The molecule has 190 valence electrons. The van der Waals surface area contributed by atoms with E-state index >= 15 is 0 Å². The number of aryl methyl sites for hydroxylation is 1. The summed E-state index contributed by atoms with van der Waals surface area (Å²) in [4.78, 5) is 39.5. The number of hydrogen-bond acceptors (Lipinski definition) is 5. The van der Waals surface area contributed by atoms with Crippen molar-refractivity contribution >= 4 is 33.3 Å². The van der Waals surface area contributed by atoms with E-state index < -0.39 is 28.5 Å². The number of rotatable bonds is 12. The highest BCUT2D eigenvalue weighted by Crippen LogP contribution is 2.21. The van der Waals surface area contributed by atoms with Gasteiger partial charge in [0.2, 0.25) is 21.8 Å². The van der Waals surface area contributed by atoms with Crippen molar-refractivity contribution in [1.82, 2.24) is 10.2 Å². The van der Waals surface area contributed by atoms with E-state index in [2.05, 4.69) is 5.32 Å². The average molecular weight is 502 g/mol. The molecule has 1 unspecified atom stereocenters. The molecule has 0 heterocycles. The molecule has 2 aromatic rings. The largest absolute Gasteiger partial charge is 0.354 e. The molecule has 0 aliphatic heterocycles. The van der Waals surface area contributed by atoms with E-state index in [9.17, 15) is 22.8 Å². The van der Waals surface area contributed by atoms with E-state index in [1.165, 1.54) is 24.0 Å². The van der Waals surface area contributed by atoms with Gasteiger partial charge in [0, 0.05) is 18.7 Å². The molecule has 0 saturated heterocycles. The molecule has 0 saturated carbocycles. The zero-order valence-electron chi connectivity index (χ0n) is 21.1. The number of unbranched alkanes of at least 4 members (excludes halogenated alkanes) is 1. The first-order chi connectivity index (χ1) is 16.4. The van der Waals surface area contributed by atoms with Gasteiger partial charge in [-0.15, -0.1) is 0 Å². The van der Waals surface area contributed by atoms with Crippen molar-refractivity contribution in [2.75, 3.05) is 23.7 Å². The Kier molecular flexibility index (Phi) is 10.0. The van der Waals surface area contributed by atoms with Crippen LogP contribution in [0.4, 0.5) is 5.69 Å². The Morgan fingerprint density at radius 2 is 1.71 bits per heavy atom. The quantitative estimate of drug-likeness (QED) is 0.355. The number of carbonyl (C=O) groups excluding carboxylic acids is 3. The van der Waals surface area contributed by atoms with E-state index in [0.29, 0.717) is 12.1 Å². The Balaban J connectivity index is 2.38. The molecule has 0 spiro atoms. The number of amides is 2. The topological polar surface area (TPSA) is 104 Å². The molecule has 0 aliphatic rings. The molecule has 0 aliphatic carbocycles. The van der Waals surface area contributed by atoms with Gasteiger partial charge in [0.05, 0.1) is 11.9 Å². The van der Waals surface area contributed by atoms with Gasteiger partial charge in [0.15, 0.2) is 5.78 Å². The van der Waals surface area contributed by atoms with Crippen LogP contribution in [0.15, 0.2) is 48.5 Å². The van der Waals surface area contributed by atoms with Gasteiger partial charge in [0.25, 0.3) is 0 Å². The molecule has 9 heteroatoms. The minimum Gasteiger partial charge on any atom is -0.354 e. The summed E-state index contributed by atoms with van der Waals surface area (Å²) < 4.78 is 26.2. The predicted molar refractivity (Wildman–Crippen MR) is 138 cm³/mol. The molecule has 8 nitrogen and oxygen atoms in total. The molecule has 35 heavy (non-hydrogen) atoms. The zero-order valence-corrected chi connectivity index (χ0v) is 21.9. The van der Waals surface area contributed by atoms with Crippen LogP contribution in [0.2, 0.25) is 0 Å². The summed E-state index contributed by atoms with van der Waals surface area (Å²) in [5.74, 6) is -1.05. The Labute approximate surface area is 208 Å². The van der Waals surface area contributed by atoms with E-state index in [4.69, 9.17) is 0 Å². The van der Waals surface area contributed by atoms with Crippen molar-refractivity contribution in [1.29, 1.82) is 0 Å². The van der Waals surface area contributed by atoms with Crippen LogP contribution in [0.25, 0.3) is 0 Å². The number of nitrogens with zero attached hydrogens (tertiary/aromatic N) is 2. The van der Waals surface area contributed by atoms with Crippen LogP contribution in [0.1, 0.15) is 55.1 Å². The van der Waals surface area contributed by atoms with Crippen molar-refractivity contribution in [3.63, 3.8) is 0 Å². The standard InChI is InChI=1S/C26H35N3O5S/c1-6-7-15-27-26(32)20(3)28(17-22-13-11-19(2)12-14-22)25(31)18-29(35(5,33)34)24-10-8-9-23(16-24)21(4)30/h8-14,16,20H,6-7,15,17-18H2,1-5H3,(H,27,32). The molecular formula is C26H35N3O5S. The molecule has 0 radical (unpaired) electrons. The fourth-order valence-electron chi connectivity index (χ4n) is 3.50. The average Bonchev–Trinajstić information content (AvgIpc) is 2.81. The number of Topliss-reactive ketones (excluding diaryl/α,β-unsaturated/α-hetero) is 1. The highest BCUT2D eigenvalue weighted by molar-refractivity contribution is 7.92. The third kappa shape index (κ3) is 8.20. The number of anilines is 1. The summed E-state index contributed by atoms with van der Waals surface area (Å²) in [6.45, 7) is 7.13. The minimum absolute atomic E-state index is 0.145. The lowest BCUT2D eigenvalue weighted by Crippen LogP contribution is -2.51. The van der Waals surface area contributed by atoms with Crippen LogP contribution in [-0.2, 0) is 26.2 Å². The second-order valence-electron chi connectivity index (χ2n) is 8.70. The van der Waals surface area contributed by atoms with Gasteiger partial charge in [0.1, 0.15) is 12.6 Å². The minimum atomic E-state index is -3.86. The number of nitrogens with one attached hydrogen (secondary N) is 1. The molecule has 1 N–H and O–H groups in total. The third-order valence-electron chi connectivity index (χ3n) is 5.69. The van der Waals surface area contributed by atoms with Crippen molar-refractivity contribution in [3.8, 4) is 0 Å². The van der Waals surface area contributed by atoms with Crippen LogP contribution < -0.4 is 9.62 Å². The number of hydrogen-bond donors (Lipinski definition) is 1. The Morgan fingerprint density at radius 3 is 2.29 bits per heavy atom. The van der Waals surface area contributed by atoms with Gasteiger partial charge in [-0.1, -0.05) is 55.3 Å². The highest BCUT2D eigenvalue weighted by Gasteiger charge is 2.30. The second kappa shape index (κ2) is 12.5. The highest BCUT2D eigenvalue weighted by atomic mass is 32.2. The Morgan fingerprint density at radius 1 is 1.06 bits per heavy atom. The lowest BCUT2D eigenvalue weighted by Gasteiger charge is -2.31. The molecule has 0 fully saturated rings. The SMILES string of the molecule is CCCCNC(=O)C(C)N(Cc1ccc(C)cc1)C(=O)CN(c1cccc(C(C)=O)c1)S(C)(=O)=O. The van der Waals surface area contributed by atoms with Gasteiger partial charge in [-0.25, -0.2) is 8.42 Å². The maximum Gasteiger partial charge on any atom is 0.244 e. The monoisotopic (exact) mass is 501 g/mol. The van der Waals surface area contributed by atoms with Crippen LogP contribution in [0.5, 0.6) is 0 Å². The summed E-state index contributed by atoms with van der Waals surface area (Å²) in [7, 11) is -3.86. The van der Waals surface area contributed by atoms with Crippen molar-refractivity contribution < 1.29 is 22.8 Å². The van der Waals surface area contributed by atoms with E-state index in [1.807, 2.05) is 38.1 Å². The van der Waals surface area contributed by atoms with Crippen molar-refractivity contribution in [2.24, 2.45) is 0 Å². The lowest BCUT2D eigenvalue weighted by atomic mass is 10.1. The lowest BCUT2D eigenvalue weighted by molar-refractivity contribution is -0.139. The first-order valence-corrected chi connectivity index (χ1v) is 13.5. The number of sulfonamides is 1. The van der Waals surface area contributed by atoms with E-state index in [0.717, 1.165) is 34.5 Å². The fraction of sp³-hybridized carbons (Fsp3) is 0.423. The van der Waals surface area contributed by atoms with Crippen LogP contribution >= 0.6 is 0 Å². The summed E-state index contributed by atoms with van der Waals surface area (Å²) in [6.07, 6.45) is 2.74. The molecule has 1 atom stereocenters. The van der Waals surface area contributed by atoms with Gasteiger partial charge in [-0.2, -0.15) is 0 Å². The van der Waals surface area contributed by atoms with Crippen LogP contribution in [-0.4, -0.2) is 56.3 Å². The second-order valence-corrected chi connectivity index (χ2v) is 10.6. The van der Waals surface area contributed by atoms with Crippen molar-refractivity contribution in [3.05, 3.63) is 65.2 Å². The van der Waals surface area contributed by atoms with Crippen molar-refractivity contribution in [2.45, 2.75) is 53.1 Å². The zero-order chi connectivity index (χ0) is 26.2. The molecule has 2 rings (SSSR count). The Hall–Kier alpha value is -3.20. The third-order valence-corrected chi connectivity index (χ3v) is 6.83. The maximum atomic E-state index is 13.5. The van der Waals surface area contributed by atoms with E-state index in [-0.39, 0.29) is 23.9 Å². The Bertz CT molecular complexity index is 1150. The normalized spacial score (nSPS) is 12.0. The smallest absolute Gasteiger partial charge is 0.244 e. The molecular weight excluding hydrogens is 466 g/mol. The number of ketones is 1. The molecule has 2 amide bonds. The fourth-order valence-corrected chi connectivity index (χ4v) is 4.34. The summed E-state index contributed by atoms with van der Waals surface area (Å²) in [5.41, 5.74) is 2.43. The number of carbonyl (C=O) groups is 3. The first-order valence-electron chi connectivity index (χ1n) is 11.7. The van der Waals surface area contributed by atoms with Gasteiger partial charge in [-0.05, 0) is 44.9 Å². The molecule has 2 aromatic carbocycles. The van der Waals surface area contributed by atoms with Crippen LogP contribution in [0, 0.1) is 6.92 Å². The molecule has 0 bridgehead atoms. The van der Waals surface area contributed by atoms with Gasteiger partial charge in [-0.3, -0.25) is 18.7 Å². The van der Waals surface area contributed by atoms with Crippen LogP contribution in [0.3, 0.4) is 0 Å².